The Morgan fingerprint density at radius 2 is 2.03 bits per heavy atom. The van der Waals surface area contributed by atoms with Crippen LogP contribution in [0, 0.1) is 5.82 Å². The molecule has 36 heavy (non-hydrogen) atoms. The number of carbonyl (C=O) groups is 4. The number of amidine groups is 1. The van der Waals surface area contributed by atoms with E-state index in [2.05, 4.69) is 10.3 Å². The first-order chi connectivity index (χ1) is 17.3. The van der Waals surface area contributed by atoms with Crippen LogP contribution in [0.1, 0.15) is 31.7 Å². The lowest BCUT2D eigenvalue weighted by molar-refractivity contribution is -0.146. The van der Waals surface area contributed by atoms with Crippen LogP contribution < -0.4 is 10.1 Å². The smallest absolute Gasteiger partial charge is 0.298 e. The van der Waals surface area contributed by atoms with Gasteiger partial charge in [-0.1, -0.05) is 12.1 Å². The lowest BCUT2D eigenvalue weighted by Gasteiger charge is -2.36. The first kappa shape index (κ1) is 25.5. The highest BCUT2D eigenvalue weighted by atomic mass is 19.1. The molecule has 0 spiro atoms. The van der Waals surface area contributed by atoms with Crippen LogP contribution in [-0.2, 0) is 30.5 Å². The molecule has 1 aromatic carbocycles. The highest BCUT2D eigenvalue weighted by Gasteiger charge is 2.46. The summed E-state index contributed by atoms with van der Waals surface area (Å²) >= 11 is 0. The number of nitrogens with zero attached hydrogens (tertiary/aromatic N) is 3. The van der Waals surface area contributed by atoms with Gasteiger partial charge in [-0.3, -0.25) is 24.1 Å². The van der Waals surface area contributed by atoms with Gasteiger partial charge in [0.1, 0.15) is 17.4 Å². The summed E-state index contributed by atoms with van der Waals surface area (Å²) in [5, 5.41) is 2.62. The van der Waals surface area contributed by atoms with E-state index in [9.17, 15) is 23.6 Å². The molecular weight excluding hydrogens is 471 g/mol. The number of amides is 3. The number of Topliss-reactive ketones (excluding diaryl/α,β-unsaturated/α-hetero) is 1. The fraction of sp³-hybridized carbons (Fsp3) is 0.480. The van der Waals surface area contributed by atoms with Crippen molar-refractivity contribution in [3.05, 3.63) is 41.7 Å². The normalized spacial score (nSPS) is 26.4. The first-order valence-corrected chi connectivity index (χ1v) is 12.0. The van der Waals surface area contributed by atoms with Gasteiger partial charge in [0.25, 0.3) is 17.6 Å². The van der Waals surface area contributed by atoms with E-state index in [1.165, 1.54) is 36.3 Å². The molecule has 0 aliphatic carbocycles. The minimum absolute atomic E-state index is 0.0500. The molecule has 10 nitrogen and oxygen atoms in total. The third kappa shape index (κ3) is 5.15. The monoisotopic (exact) mass is 500 g/mol. The number of carbonyl (C=O) groups excluding carboxylic acids is 4. The van der Waals surface area contributed by atoms with Gasteiger partial charge in [0.05, 0.1) is 25.3 Å². The minimum Gasteiger partial charge on any atom is -0.493 e. The standard InChI is InChI=1S/C25H29FN4O6/c1-3-29-18-10-9-17(35-2)14-30-23(18)28-21(22(32)25(30)34)24(33)27-13-15-7-8-16(26)12-19(15)36-11-5-4-6-20(29)31/h4,6-8,12,17-18,21H,3,5,9-11,13-14H2,1-2H3,(H,27,33)/b6-4-/t17-,18?,21?/m0/s1. The number of fused-ring (bicyclic) bond motifs is 2. The molecule has 3 aliphatic heterocycles. The predicted molar refractivity (Wildman–Crippen MR) is 127 cm³/mol. The largest absolute Gasteiger partial charge is 0.493 e. The van der Waals surface area contributed by atoms with Gasteiger partial charge in [-0.2, -0.15) is 0 Å². The van der Waals surface area contributed by atoms with Crippen molar-refractivity contribution in [2.45, 2.75) is 50.9 Å². The zero-order chi connectivity index (χ0) is 25.8. The Kier molecular flexibility index (Phi) is 7.78. The minimum atomic E-state index is -1.59. The number of ether oxygens (including phenoxy) is 2. The maximum absolute atomic E-state index is 13.8. The average molecular weight is 501 g/mol. The number of hydrogen-bond donors (Lipinski definition) is 1. The topological polar surface area (TPSA) is 118 Å². The number of likely N-dealkylation sites (N-methyl/N-ethyl adjacent to an activating group) is 1. The van der Waals surface area contributed by atoms with Crippen LogP contribution in [0.2, 0.25) is 0 Å². The van der Waals surface area contributed by atoms with E-state index >= 15 is 0 Å². The molecule has 11 heteroatoms. The zero-order valence-electron chi connectivity index (χ0n) is 20.2. The highest BCUT2D eigenvalue weighted by Crippen LogP contribution is 2.25. The van der Waals surface area contributed by atoms with Crippen molar-refractivity contribution < 1.29 is 33.0 Å². The molecule has 192 valence electrons. The van der Waals surface area contributed by atoms with Crippen LogP contribution in [0.25, 0.3) is 0 Å². The van der Waals surface area contributed by atoms with E-state index in [1.54, 1.807) is 11.0 Å². The van der Waals surface area contributed by atoms with Gasteiger partial charge in [0.15, 0.2) is 6.04 Å². The first-order valence-electron chi connectivity index (χ1n) is 12.0. The van der Waals surface area contributed by atoms with E-state index in [0.29, 0.717) is 31.4 Å². The van der Waals surface area contributed by atoms with E-state index in [4.69, 9.17) is 9.47 Å². The Morgan fingerprint density at radius 3 is 2.78 bits per heavy atom. The number of benzene rings is 1. The second kappa shape index (κ2) is 11.0. The summed E-state index contributed by atoms with van der Waals surface area (Å²) in [4.78, 5) is 59.5. The Morgan fingerprint density at radius 1 is 1.22 bits per heavy atom. The van der Waals surface area contributed by atoms with Crippen LogP contribution in [-0.4, -0.2) is 84.1 Å². The molecule has 1 N–H and O–H groups in total. The van der Waals surface area contributed by atoms with Crippen molar-refractivity contribution in [2.24, 2.45) is 4.99 Å². The fourth-order valence-electron chi connectivity index (χ4n) is 4.62. The van der Waals surface area contributed by atoms with Gasteiger partial charge in [0, 0.05) is 31.8 Å². The molecule has 0 radical (unpaired) electrons. The number of halogens is 1. The molecule has 3 atom stereocenters. The van der Waals surface area contributed by atoms with Gasteiger partial charge in [-0.05, 0) is 38.3 Å². The van der Waals surface area contributed by atoms with Gasteiger partial charge in [0.2, 0.25) is 5.91 Å². The summed E-state index contributed by atoms with van der Waals surface area (Å²) in [6.07, 6.45) is 4.11. The Bertz CT molecular complexity index is 1120. The summed E-state index contributed by atoms with van der Waals surface area (Å²) in [6, 6.07) is 1.70. The molecule has 0 aromatic heterocycles. The molecule has 4 rings (SSSR count). The summed E-state index contributed by atoms with van der Waals surface area (Å²) in [7, 11) is 1.52. The number of ketones is 1. The SMILES string of the molecule is CCN1C(=O)/C=C\CCOc2cc(F)ccc2CNC(=O)C2N=C3C1CC[C@H](OC)CN3C(=O)C2=O. The Balaban J connectivity index is 1.76. The summed E-state index contributed by atoms with van der Waals surface area (Å²) in [5.41, 5.74) is 0.494. The Hall–Kier alpha value is -3.60. The number of hydrogen-bond acceptors (Lipinski definition) is 7. The van der Waals surface area contributed by atoms with Crippen LogP contribution in [0.15, 0.2) is 35.3 Å². The molecule has 0 saturated carbocycles. The van der Waals surface area contributed by atoms with Crippen molar-refractivity contribution in [1.82, 2.24) is 15.1 Å². The number of nitrogens with one attached hydrogen (secondary N) is 1. The van der Waals surface area contributed by atoms with E-state index in [-0.39, 0.29) is 43.3 Å². The molecule has 1 aromatic rings. The maximum Gasteiger partial charge on any atom is 0.298 e. The molecule has 3 aliphatic rings. The quantitative estimate of drug-likeness (QED) is 0.478. The van der Waals surface area contributed by atoms with Gasteiger partial charge >= 0.3 is 0 Å². The second-order valence-corrected chi connectivity index (χ2v) is 8.75. The molecule has 1 fully saturated rings. The third-order valence-corrected chi connectivity index (χ3v) is 6.55. The zero-order valence-corrected chi connectivity index (χ0v) is 20.2. The second-order valence-electron chi connectivity index (χ2n) is 8.75. The van der Waals surface area contributed by atoms with E-state index < -0.39 is 35.5 Å². The number of rotatable bonds is 2. The summed E-state index contributed by atoms with van der Waals surface area (Å²) in [5.74, 6) is -2.95. The molecule has 3 heterocycles. The van der Waals surface area contributed by atoms with E-state index in [1.807, 2.05) is 6.92 Å². The van der Waals surface area contributed by atoms with E-state index in [0.717, 1.165) is 0 Å². The van der Waals surface area contributed by atoms with Gasteiger partial charge in [-0.15, -0.1) is 0 Å². The molecular formula is C25H29FN4O6. The van der Waals surface area contributed by atoms with Crippen molar-refractivity contribution in [3.8, 4) is 5.75 Å². The summed E-state index contributed by atoms with van der Waals surface area (Å²) < 4.78 is 25.0. The maximum atomic E-state index is 13.8. The highest BCUT2D eigenvalue weighted by molar-refractivity contribution is 6.46. The number of aliphatic imine (C=N–C) groups is 1. The lowest BCUT2D eigenvalue weighted by atomic mass is 10.0. The van der Waals surface area contributed by atoms with Gasteiger partial charge in [-0.25, -0.2) is 9.38 Å². The molecule has 1 saturated heterocycles. The van der Waals surface area contributed by atoms with Crippen LogP contribution in [0.4, 0.5) is 4.39 Å². The number of methoxy groups -OCH3 is 1. The molecule has 2 unspecified atom stereocenters. The summed E-state index contributed by atoms with van der Waals surface area (Å²) in [6.45, 7) is 2.37. The molecule has 2 bridgehead atoms. The molecule has 3 amide bonds. The van der Waals surface area contributed by atoms with Crippen molar-refractivity contribution in [2.75, 3.05) is 26.8 Å². The van der Waals surface area contributed by atoms with Crippen LogP contribution in [0.3, 0.4) is 0 Å². The van der Waals surface area contributed by atoms with Crippen molar-refractivity contribution in [1.29, 1.82) is 0 Å². The van der Waals surface area contributed by atoms with Crippen molar-refractivity contribution in [3.63, 3.8) is 0 Å². The lowest BCUT2D eigenvalue weighted by Crippen LogP contribution is -2.59. The van der Waals surface area contributed by atoms with Crippen LogP contribution in [0.5, 0.6) is 5.75 Å². The average Bonchev–Trinajstić information content (AvgIpc) is 3.05. The third-order valence-electron chi connectivity index (χ3n) is 6.55. The fourth-order valence-corrected chi connectivity index (χ4v) is 4.62. The van der Waals surface area contributed by atoms with Crippen LogP contribution >= 0.6 is 0 Å². The predicted octanol–water partition coefficient (Wildman–Crippen LogP) is 0.985. The Labute approximate surface area is 208 Å². The van der Waals surface area contributed by atoms with Gasteiger partial charge < -0.3 is 19.7 Å². The van der Waals surface area contributed by atoms with Crippen molar-refractivity contribution >= 4 is 29.3 Å².